The lowest BCUT2D eigenvalue weighted by molar-refractivity contribution is 0.0389. The molecule has 1 nitrogen and oxygen atoms in total. The third-order valence-electron chi connectivity index (χ3n) is 4.00. The van der Waals surface area contributed by atoms with Gasteiger partial charge in [-0.3, -0.25) is 0 Å². The van der Waals surface area contributed by atoms with Gasteiger partial charge in [-0.2, -0.15) is 0 Å². The van der Waals surface area contributed by atoms with Crippen LogP contribution in [0.5, 0.6) is 5.75 Å². The van der Waals surface area contributed by atoms with Crippen LogP contribution in [-0.4, -0.2) is 5.60 Å². The molecule has 80 valence electrons. The van der Waals surface area contributed by atoms with Gasteiger partial charge in [0.2, 0.25) is 0 Å². The maximum Gasteiger partial charge on any atom is 0.123 e. The minimum atomic E-state index is 0.163. The number of benzene rings is 1. The molecular formula is C14H18O. The Morgan fingerprint density at radius 2 is 1.93 bits per heavy atom. The summed E-state index contributed by atoms with van der Waals surface area (Å²) in [4.78, 5) is 0. The Labute approximate surface area is 91.5 Å². The van der Waals surface area contributed by atoms with Gasteiger partial charge in [-0.15, -0.1) is 0 Å². The maximum atomic E-state index is 6.18. The Balaban J connectivity index is 1.83. The summed E-state index contributed by atoms with van der Waals surface area (Å²) in [5, 5.41) is 0. The van der Waals surface area contributed by atoms with Gasteiger partial charge in [0.25, 0.3) is 0 Å². The molecule has 1 aromatic rings. The quantitative estimate of drug-likeness (QED) is 0.625. The molecule has 15 heavy (non-hydrogen) atoms. The van der Waals surface area contributed by atoms with Gasteiger partial charge in [-0.1, -0.05) is 25.1 Å². The van der Waals surface area contributed by atoms with Crippen molar-refractivity contribution >= 4 is 0 Å². The highest BCUT2D eigenvalue weighted by atomic mass is 16.5. The zero-order valence-electron chi connectivity index (χ0n) is 9.33. The van der Waals surface area contributed by atoms with Gasteiger partial charge in [0.05, 0.1) is 0 Å². The molecule has 0 amide bonds. The Kier molecular flexibility index (Phi) is 2.01. The molecule has 1 saturated carbocycles. The van der Waals surface area contributed by atoms with E-state index >= 15 is 0 Å². The standard InChI is InChI=1S/C14H18O/c1-11-6-8-14(9-7-11)10-12-4-2-3-5-13(12)15-14/h2-5,11H,6-10H2,1H3. The second kappa shape index (κ2) is 3.26. The summed E-state index contributed by atoms with van der Waals surface area (Å²) in [6.45, 7) is 2.36. The normalized spacial score (nSPS) is 33.8. The molecule has 1 spiro atoms. The number of para-hydroxylation sites is 1. The van der Waals surface area contributed by atoms with Gasteiger partial charge < -0.3 is 4.74 Å². The number of rotatable bonds is 0. The number of fused-ring (bicyclic) bond motifs is 1. The largest absolute Gasteiger partial charge is 0.487 e. The first-order valence-electron chi connectivity index (χ1n) is 6.04. The van der Waals surface area contributed by atoms with Gasteiger partial charge in [0.1, 0.15) is 11.4 Å². The molecule has 1 heterocycles. The third-order valence-corrected chi connectivity index (χ3v) is 4.00. The monoisotopic (exact) mass is 202 g/mol. The van der Waals surface area contributed by atoms with E-state index in [1.807, 2.05) is 0 Å². The summed E-state index contributed by atoms with van der Waals surface area (Å²) < 4.78 is 6.18. The molecule has 0 saturated heterocycles. The van der Waals surface area contributed by atoms with Crippen molar-refractivity contribution in [1.82, 2.24) is 0 Å². The summed E-state index contributed by atoms with van der Waals surface area (Å²) >= 11 is 0. The first-order valence-corrected chi connectivity index (χ1v) is 6.04. The van der Waals surface area contributed by atoms with Crippen LogP contribution < -0.4 is 4.74 Å². The number of ether oxygens (including phenoxy) is 1. The first kappa shape index (κ1) is 9.26. The lowest BCUT2D eigenvalue weighted by atomic mass is 9.77. The van der Waals surface area contributed by atoms with Crippen molar-refractivity contribution in [3.05, 3.63) is 29.8 Å². The van der Waals surface area contributed by atoms with E-state index in [1.54, 1.807) is 0 Å². The zero-order chi connectivity index (χ0) is 10.3. The predicted octanol–water partition coefficient (Wildman–Crippen LogP) is 3.57. The third kappa shape index (κ3) is 1.54. The van der Waals surface area contributed by atoms with Crippen LogP contribution in [0.4, 0.5) is 0 Å². The minimum absolute atomic E-state index is 0.163. The van der Waals surface area contributed by atoms with Crippen LogP contribution in [0.3, 0.4) is 0 Å². The molecule has 3 rings (SSSR count). The molecular weight excluding hydrogens is 184 g/mol. The van der Waals surface area contributed by atoms with Crippen molar-refractivity contribution in [3.8, 4) is 5.75 Å². The molecule has 1 fully saturated rings. The Morgan fingerprint density at radius 3 is 2.67 bits per heavy atom. The molecule has 0 bridgehead atoms. The van der Waals surface area contributed by atoms with Gasteiger partial charge >= 0.3 is 0 Å². The Bertz CT molecular complexity index is 334. The second-order valence-electron chi connectivity index (χ2n) is 5.25. The van der Waals surface area contributed by atoms with Crippen LogP contribution in [0.2, 0.25) is 0 Å². The fraction of sp³-hybridized carbons (Fsp3) is 0.571. The lowest BCUT2D eigenvalue weighted by Gasteiger charge is -2.35. The Morgan fingerprint density at radius 1 is 1.20 bits per heavy atom. The average Bonchev–Trinajstić information content (AvgIpc) is 2.61. The van der Waals surface area contributed by atoms with E-state index in [1.165, 1.54) is 31.2 Å². The smallest absolute Gasteiger partial charge is 0.123 e. The molecule has 1 aliphatic heterocycles. The first-order chi connectivity index (χ1) is 7.27. The molecule has 0 unspecified atom stereocenters. The molecule has 1 aromatic carbocycles. The van der Waals surface area contributed by atoms with E-state index < -0.39 is 0 Å². The zero-order valence-corrected chi connectivity index (χ0v) is 9.33. The van der Waals surface area contributed by atoms with Crippen LogP contribution >= 0.6 is 0 Å². The molecule has 1 heteroatoms. The van der Waals surface area contributed by atoms with E-state index in [0.717, 1.165) is 18.1 Å². The predicted molar refractivity (Wildman–Crippen MR) is 61.1 cm³/mol. The van der Waals surface area contributed by atoms with Crippen LogP contribution in [0, 0.1) is 5.92 Å². The van der Waals surface area contributed by atoms with Crippen molar-refractivity contribution in [1.29, 1.82) is 0 Å². The SMILES string of the molecule is CC1CCC2(CC1)Cc1ccccc1O2. The van der Waals surface area contributed by atoms with Crippen molar-refractivity contribution < 1.29 is 4.74 Å². The van der Waals surface area contributed by atoms with Gasteiger partial charge in [0, 0.05) is 6.42 Å². The summed E-state index contributed by atoms with van der Waals surface area (Å²) in [6, 6.07) is 8.51. The lowest BCUT2D eigenvalue weighted by Crippen LogP contribution is -2.38. The van der Waals surface area contributed by atoms with Gasteiger partial charge in [0.15, 0.2) is 0 Å². The number of hydrogen-bond acceptors (Lipinski definition) is 1. The van der Waals surface area contributed by atoms with Crippen LogP contribution in [0.1, 0.15) is 38.2 Å². The van der Waals surface area contributed by atoms with Crippen LogP contribution in [-0.2, 0) is 6.42 Å². The highest BCUT2D eigenvalue weighted by Crippen LogP contribution is 2.44. The highest BCUT2D eigenvalue weighted by molar-refractivity contribution is 5.39. The van der Waals surface area contributed by atoms with E-state index in [0.29, 0.717) is 0 Å². The molecule has 0 atom stereocenters. The molecule has 1 aliphatic carbocycles. The van der Waals surface area contributed by atoms with Crippen molar-refractivity contribution in [2.45, 2.75) is 44.6 Å². The van der Waals surface area contributed by atoms with E-state index in [-0.39, 0.29) is 5.60 Å². The maximum absolute atomic E-state index is 6.18. The van der Waals surface area contributed by atoms with Gasteiger partial charge in [-0.05, 0) is 43.2 Å². The van der Waals surface area contributed by atoms with Crippen molar-refractivity contribution in [3.63, 3.8) is 0 Å². The average molecular weight is 202 g/mol. The fourth-order valence-electron chi connectivity index (χ4n) is 2.93. The topological polar surface area (TPSA) is 9.23 Å². The second-order valence-corrected chi connectivity index (χ2v) is 5.25. The highest BCUT2D eigenvalue weighted by Gasteiger charge is 2.41. The minimum Gasteiger partial charge on any atom is -0.487 e. The summed E-state index contributed by atoms with van der Waals surface area (Å²) in [6.07, 6.45) is 6.27. The fourth-order valence-corrected chi connectivity index (χ4v) is 2.93. The molecule has 0 aromatic heterocycles. The summed E-state index contributed by atoms with van der Waals surface area (Å²) in [5.41, 5.74) is 1.57. The molecule has 2 aliphatic rings. The molecule has 0 N–H and O–H groups in total. The van der Waals surface area contributed by atoms with Crippen molar-refractivity contribution in [2.24, 2.45) is 5.92 Å². The summed E-state index contributed by atoms with van der Waals surface area (Å²) in [7, 11) is 0. The Hall–Kier alpha value is -0.980. The van der Waals surface area contributed by atoms with E-state index in [9.17, 15) is 0 Å². The van der Waals surface area contributed by atoms with E-state index in [4.69, 9.17) is 4.74 Å². The van der Waals surface area contributed by atoms with Crippen LogP contribution in [0.15, 0.2) is 24.3 Å². The molecule has 0 radical (unpaired) electrons. The number of hydrogen-bond donors (Lipinski definition) is 0. The van der Waals surface area contributed by atoms with Crippen LogP contribution in [0.25, 0.3) is 0 Å². The van der Waals surface area contributed by atoms with E-state index in [2.05, 4.69) is 31.2 Å². The summed E-state index contributed by atoms with van der Waals surface area (Å²) in [5.74, 6) is 2.02. The van der Waals surface area contributed by atoms with Crippen molar-refractivity contribution in [2.75, 3.05) is 0 Å². The van der Waals surface area contributed by atoms with Gasteiger partial charge in [-0.25, -0.2) is 0 Å².